The second-order valence-corrected chi connectivity index (χ2v) is 10.5. The maximum Gasteiger partial charge on any atom is 0.407 e. The first kappa shape index (κ1) is 27.9. The number of aliphatic hydroxyl groups excluding tert-OH is 1. The van der Waals surface area contributed by atoms with Gasteiger partial charge in [0.05, 0.1) is 6.61 Å². The van der Waals surface area contributed by atoms with Gasteiger partial charge >= 0.3 is 12.1 Å². The first-order chi connectivity index (χ1) is 18.6. The van der Waals surface area contributed by atoms with E-state index in [1.807, 2.05) is 36.4 Å². The summed E-state index contributed by atoms with van der Waals surface area (Å²) in [5.41, 5.74) is 4.92. The molecule has 0 radical (unpaired) electrons. The van der Waals surface area contributed by atoms with Crippen molar-refractivity contribution >= 4 is 23.7 Å². The van der Waals surface area contributed by atoms with Crippen LogP contribution in [0.15, 0.2) is 72.8 Å². The van der Waals surface area contributed by atoms with Gasteiger partial charge in [-0.1, -0.05) is 60.7 Å². The fraction of sp³-hybridized carbons (Fsp3) is 0.323. The molecule has 39 heavy (non-hydrogen) atoms. The Morgan fingerprint density at radius 2 is 1.49 bits per heavy atom. The molecular weight excluding hydrogens is 496 g/mol. The summed E-state index contributed by atoms with van der Waals surface area (Å²) >= 11 is 0. The first-order valence-electron chi connectivity index (χ1n) is 13.0. The van der Waals surface area contributed by atoms with Crippen LogP contribution < -0.4 is 10.6 Å². The number of nitrogens with one attached hydrogen (secondary N) is 2. The minimum absolute atomic E-state index is 0.0274. The van der Waals surface area contributed by atoms with E-state index in [0.717, 1.165) is 22.3 Å². The minimum Gasteiger partial charge on any atom is -0.460 e. The number of aliphatic hydroxyl groups is 1. The molecule has 3 N–H and O–H groups in total. The number of hydrogen-bond donors (Lipinski definition) is 3. The number of carbonyl (C=O) groups excluding carboxylic acids is 3. The molecule has 2 amide bonds. The number of esters is 1. The number of benzene rings is 3. The minimum atomic E-state index is -1.04. The second-order valence-electron chi connectivity index (χ2n) is 10.5. The highest BCUT2D eigenvalue weighted by atomic mass is 16.6. The molecule has 3 aromatic rings. The summed E-state index contributed by atoms with van der Waals surface area (Å²) in [6, 6.07) is 21.7. The van der Waals surface area contributed by atoms with Crippen LogP contribution in [0.25, 0.3) is 11.1 Å². The predicted octanol–water partition coefficient (Wildman–Crippen LogP) is 5.15. The van der Waals surface area contributed by atoms with Gasteiger partial charge in [-0.25, -0.2) is 4.79 Å². The number of ether oxygens (including phenoxy) is 2. The number of alkyl carbamates (subject to hydrolysis) is 1. The van der Waals surface area contributed by atoms with E-state index >= 15 is 0 Å². The van der Waals surface area contributed by atoms with E-state index in [9.17, 15) is 19.5 Å². The third-order valence-corrected chi connectivity index (χ3v) is 6.41. The fourth-order valence-electron chi connectivity index (χ4n) is 4.63. The Morgan fingerprint density at radius 3 is 2.05 bits per heavy atom. The van der Waals surface area contributed by atoms with Gasteiger partial charge in [-0.3, -0.25) is 9.59 Å². The van der Waals surface area contributed by atoms with E-state index in [-0.39, 0.29) is 32.0 Å². The normalized spacial score (nSPS) is 13.1. The molecule has 4 rings (SSSR count). The molecule has 1 aliphatic carbocycles. The van der Waals surface area contributed by atoms with Crippen LogP contribution in [-0.2, 0) is 25.7 Å². The Kier molecular flexibility index (Phi) is 8.66. The van der Waals surface area contributed by atoms with Crippen molar-refractivity contribution in [3.63, 3.8) is 0 Å². The van der Waals surface area contributed by atoms with Crippen molar-refractivity contribution in [2.45, 2.75) is 57.8 Å². The lowest BCUT2D eigenvalue weighted by molar-refractivity contribution is -0.155. The highest BCUT2D eigenvalue weighted by Crippen LogP contribution is 2.44. The zero-order valence-electron chi connectivity index (χ0n) is 22.4. The molecule has 0 heterocycles. The Labute approximate surface area is 228 Å². The summed E-state index contributed by atoms with van der Waals surface area (Å²) in [6.07, 6.45) is -0.792. The van der Waals surface area contributed by atoms with Gasteiger partial charge < -0.3 is 25.2 Å². The first-order valence-corrected chi connectivity index (χ1v) is 13.0. The molecule has 0 spiro atoms. The zero-order valence-corrected chi connectivity index (χ0v) is 22.4. The lowest BCUT2D eigenvalue weighted by Crippen LogP contribution is -2.44. The third kappa shape index (κ3) is 7.23. The van der Waals surface area contributed by atoms with Crippen LogP contribution in [0.1, 0.15) is 56.2 Å². The Bertz CT molecular complexity index is 1280. The summed E-state index contributed by atoms with van der Waals surface area (Å²) in [6.45, 7) is 5.28. The summed E-state index contributed by atoms with van der Waals surface area (Å²) < 4.78 is 11.0. The molecule has 0 aromatic heterocycles. The van der Waals surface area contributed by atoms with Gasteiger partial charge in [-0.05, 0) is 67.1 Å². The lowest BCUT2D eigenvalue weighted by atomic mass is 9.98. The van der Waals surface area contributed by atoms with Crippen molar-refractivity contribution in [2.24, 2.45) is 0 Å². The number of fused-ring (bicyclic) bond motifs is 3. The van der Waals surface area contributed by atoms with Crippen LogP contribution in [0, 0.1) is 0 Å². The largest absolute Gasteiger partial charge is 0.460 e. The number of carbonyl (C=O) groups is 3. The summed E-state index contributed by atoms with van der Waals surface area (Å²) in [7, 11) is 0. The average molecular weight is 531 g/mol. The van der Waals surface area contributed by atoms with Crippen LogP contribution in [0.4, 0.5) is 10.5 Å². The van der Waals surface area contributed by atoms with Crippen LogP contribution >= 0.6 is 0 Å². The standard InChI is InChI=1S/C31H34N2O6/c1-31(2,3)39-28(35)17-16-27(29(36)32-21-14-12-20(18-34)13-15-21)33-30(37)38-19-26-24-10-6-4-8-22(24)23-9-5-7-11-25(23)26/h4-15,26-27,34H,16-19H2,1-3H3,(H,32,36)(H,33,37)/t27-/m0/s1. The molecule has 0 saturated heterocycles. The van der Waals surface area contributed by atoms with E-state index in [1.165, 1.54) is 0 Å². The monoisotopic (exact) mass is 530 g/mol. The predicted molar refractivity (Wildman–Crippen MR) is 148 cm³/mol. The van der Waals surface area contributed by atoms with Gasteiger partial charge in [0.25, 0.3) is 0 Å². The van der Waals surface area contributed by atoms with Crippen LogP contribution in [0.5, 0.6) is 0 Å². The summed E-state index contributed by atoms with van der Waals surface area (Å²) in [4.78, 5) is 38.3. The lowest BCUT2D eigenvalue weighted by Gasteiger charge is -2.22. The molecule has 0 bridgehead atoms. The van der Waals surface area contributed by atoms with Crippen LogP contribution in [0.2, 0.25) is 0 Å². The molecule has 3 aromatic carbocycles. The van der Waals surface area contributed by atoms with E-state index in [1.54, 1.807) is 45.0 Å². The molecule has 8 heteroatoms. The Balaban J connectivity index is 1.42. The van der Waals surface area contributed by atoms with Gasteiger partial charge in [0.1, 0.15) is 18.2 Å². The summed E-state index contributed by atoms with van der Waals surface area (Å²) in [5, 5.41) is 14.6. The van der Waals surface area contributed by atoms with Crippen molar-refractivity contribution in [2.75, 3.05) is 11.9 Å². The molecule has 0 aliphatic heterocycles. The number of hydrogen-bond acceptors (Lipinski definition) is 6. The average Bonchev–Trinajstić information content (AvgIpc) is 3.23. The van der Waals surface area contributed by atoms with Crippen molar-refractivity contribution in [1.82, 2.24) is 5.32 Å². The van der Waals surface area contributed by atoms with Gasteiger partial charge in [0.15, 0.2) is 0 Å². The smallest absolute Gasteiger partial charge is 0.407 e. The SMILES string of the molecule is CC(C)(C)OC(=O)CC[C@H](NC(=O)OCC1c2ccccc2-c2ccccc21)C(=O)Nc1ccc(CO)cc1. The quantitative estimate of drug-likeness (QED) is 0.330. The highest BCUT2D eigenvalue weighted by Gasteiger charge is 2.30. The van der Waals surface area contributed by atoms with Crippen LogP contribution in [-0.4, -0.2) is 41.3 Å². The molecule has 204 valence electrons. The van der Waals surface area contributed by atoms with Crippen molar-refractivity contribution in [3.8, 4) is 11.1 Å². The van der Waals surface area contributed by atoms with Gasteiger partial charge in [-0.2, -0.15) is 0 Å². The maximum atomic E-state index is 13.1. The molecule has 0 saturated carbocycles. The maximum absolute atomic E-state index is 13.1. The van der Waals surface area contributed by atoms with Gasteiger partial charge in [0, 0.05) is 18.0 Å². The fourth-order valence-corrected chi connectivity index (χ4v) is 4.63. The van der Waals surface area contributed by atoms with Crippen molar-refractivity contribution in [3.05, 3.63) is 89.5 Å². The van der Waals surface area contributed by atoms with Crippen molar-refractivity contribution < 1.29 is 29.0 Å². The Hall–Kier alpha value is -4.17. The van der Waals surface area contributed by atoms with E-state index in [4.69, 9.17) is 9.47 Å². The highest BCUT2D eigenvalue weighted by molar-refractivity contribution is 5.96. The number of amides is 2. The molecule has 0 fully saturated rings. The molecular formula is C31H34N2O6. The number of anilines is 1. The van der Waals surface area contributed by atoms with E-state index in [2.05, 4.69) is 22.8 Å². The van der Waals surface area contributed by atoms with E-state index < -0.39 is 29.6 Å². The molecule has 0 unspecified atom stereocenters. The number of rotatable bonds is 9. The second kappa shape index (κ2) is 12.1. The molecule has 1 aliphatic rings. The molecule has 8 nitrogen and oxygen atoms in total. The zero-order chi connectivity index (χ0) is 28.0. The van der Waals surface area contributed by atoms with E-state index in [0.29, 0.717) is 11.3 Å². The van der Waals surface area contributed by atoms with Gasteiger partial charge in [0.2, 0.25) is 5.91 Å². The third-order valence-electron chi connectivity index (χ3n) is 6.41. The van der Waals surface area contributed by atoms with Crippen LogP contribution in [0.3, 0.4) is 0 Å². The molecule has 1 atom stereocenters. The van der Waals surface area contributed by atoms with Gasteiger partial charge in [-0.15, -0.1) is 0 Å². The Morgan fingerprint density at radius 1 is 0.897 bits per heavy atom. The van der Waals surface area contributed by atoms with Crippen molar-refractivity contribution in [1.29, 1.82) is 0 Å². The topological polar surface area (TPSA) is 114 Å². The summed E-state index contributed by atoms with van der Waals surface area (Å²) in [5.74, 6) is -1.09.